The average molecular weight is 246 g/mol. The maximum absolute atomic E-state index is 13.1. The van der Waals surface area contributed by atoms with E-state index in [2.05, 4.69) is 4.98 Å². The van der Waals surface area contributed by atoms with Gasteiger partial charge in [-0.1, -0.05) is 6.07 Å². The SMILES string of the molecule is Nc1cc(F)cc(COCCc2ccccn2)c1. The number of nitrogens with two attached hydrogens (primary N) is 1. The van der Waals surface area contributed by atoms with Crippen LogP contribution in [0.1, 0.15) is 11.3 Å². The molecule has 94 valence electrons. The Labute approximate surface area is 105 Å². The van der Waals surface area contributed by atoms with Gasteiger partial charge in [0.05, 0.1) is 13.2 Å². The second-order valence-corrected chi connectivity index (χ2v) is 4.02. The monoisotopic (exact) mass is 246 g/mol. The van der Waals surface area contributed by atoms with Gasteiger partial charge in [-0.25, -0.2) is 4.39 Å². The topological polar surface area (TPSA) is 48.1 Å². The smallest absolute Gasteiger partial charge is 0.125 e. The fourth-order valence-corrected chi connectivity index (χ4v) is 1.67. The fourth-order valence-electron chi connectivity index (χ4n) is 1.67. The molecule has 0 unspecified atom stereocenters. The Balaban J connectivity index is 1.78. The Kier molecular flexibility index (Phi) is 4.25. The van der Waals surface area contributed by atoms with Crippen LogP contribution in [0.15, 0.2) is 42.6 Å². The van der Waals surface area contributed by atoms with Gasteiger partial charge in [0.1, 0.15) is 5.82 Å². The van der Waals surface area contributed by atoms with Crippen LogP contribution in [0.4, 0.5) is 10.1 Å². The molecule has 2 rings (SSSR count). The number of anilines is 1. The predicted octanol–water partition coefficient (Wildman–Crippen LogP) is 2.56. The largest absolute Gasteiger partial charge is 0.399 e. The number of nitrogen functional groups attached to an aromatic ring is 1. The molecule has 0 aliphatic rings. The van der Waals surface area contributed by atoms with Crippen molar-refractivity contribution in [1.82, 2.24) is 4.98 Å². The van der Waals surface area contributed by atoms with Crippen molar-refractivity contribution in [3.8, 4) is 0 Å². The third-order valence-corrected chi connectivity index (χ3v) is 2.48. The van der Waals surface area contributed by atoms with Gasteiger partial charge in [0.2, 0.25) is 0 Å². The number of halogens is 1. The number of rotatable bonds is 5. The van der Waals surface area contributed by atoms with E-state index in [1.54, 1.807) is 12.3 Å². The number of ether oxygens (including phenoxy) is 1. The van der Waals surface area contributed by atoms with E-state index < -0.39 is 0 Å². The van der Waals surface area contributed by atoms with Gasteiger partial charge in [-0.3, -0.25) is 4.98 Å². The fraction of sp³-hybridized carbons (Fsp3) is 0.214. The average Bonchev–Trinajstić information content (AvgIpc) is 2.35. The summed E-state index contributed by atoms with van der Waals surface area (Å²) >= 11 is 0. The molecule has 0 aliphatic carbocycles. The minimum atomic E-state index is -0.335. The number of hydrogen-bond donors (Lipinski definition) is 1. The summed E-state index contributed by atoms with van der Waals surface area (Å²) in [4.78, 5) is 4.19. The zero-order valence-corrected chi connectivity index (χ0v) is 9.97. The number of pyridine rings is 1. The van der Waals surface area contributed by atoms with Crippen LogP contribution in [0.2, 0.25) is 0 Å². The van der Waals surface area contributed by atoms with E-state index in [0.717, 1.165) is 17.7 Å². The molecule has 1 aromatic carbocycles. The number of hydrogen-bond acceptors (Lipinski definition) is 3. The molecule has 1 aromatic heterocycles. The van der Waals surface area contributed by atoms with Crippen molar-refractivity contribution in [2.24, 2.45) is 0 Å². The van der Waals surface area contributed by atoms with Crippen LogP contribution in [-0.4, -0.2) is 11.6 Å². The van der Waals surface area contributed by atoms with Crippen LogP contribution in [0.3, 0.4) is 0 Å². The molecule has 3 nitrogen and oxygen atoms in total. The molecule has 4 heteroatoms. The molecule has 18 heavy (non-hydrogen) atoms. The van der Waals surface area contributed by atoms with Gasteiger partial charge in [0, 0.05) is 24.0 Å². The van der Waals surface area contributed by atoms with E-state index in [4.69, 9.17) is 10.5 Å². The van der Waals surface area contributed by atoms with Crippen molar-refractivity contribution >= 4 is 5.69 Å². The van der Waals surface area contributed by atoms with Crippen LogP contribution in [-0.2, 0) is 17.8 Å². The van der Waals surface area contributed by atoms with E-state index in [0.29, 0.717) is 18.9 Å². The van der Waals surface area contributed by atoms with Gasteiger partial charge >= 0.3 is 0 Å². The highest BCUT2D eigenvalue weighted by Crippen LogP contribution is 2.11. The zero-order valence-electron chi connectivity index (χ0n) is 9.97. The minimum Gasteiger partial charge on any atom is -0.399 e. The summed E-state index contributed by atoms with van der Waals surface area (Å²) in [5.41, 5.74) is 7.69. The lowest BCUT2D eigenvalue weighted by atomic mass is 10.2. The summed E-state index contributed by atoms with van der Waals surface area (Å²) in [7, 11) is 0. The lowest BCUT2D eigenvalue weighted by Crippen LogP contribution is -2.01. The van der Waals surface area contributed by atoms with Gasteiger partial charge in [0.15, 0.2) is 0 Å². The molecule has 2 N–H and O–H groups in total. The normalized spacial score (nSPS) is 10.5. The molecule has 1 heterocycles. The number of benzene rings is 1. The zero-order chi connectivity index (χ0) is 12.8. The number of aromatic nitrogens is 1. The molecule has 0 fully saturated rings. The van der Waals surface area contributed by atoms with Crippen LogP contribution in [0.5, 0.6) is 0 Å². The molecule has 0 spiro atoms. The molecular formula is C14H15FN2O. The Morgan fingerprint density at radius 1 is 1.22 bits per heavy atom. The first-order valence-electron chi connectivity index (χ1n) is 5.76. The van der Waals surface area contributed by atoms with Gasteiger partial charge in [-0.05, 0) is 35.9 Å². The van der Waals surface area contributed by atoms with E-state index in [1.165, 1.54) is 12.1 Å². The molecule has 0 radical (unpaired) electrons. The van der Waals surface area contributed by atoms with E-state index in [1.807, 2.05) is 18.2 Å². The third-order valence-electron chi connectivity index (χ3n) is 2.48. The van der Waals surface area contributed by atoms with Crippen LogP contribution >= 0.6 is 0 Å². The van der Waals surface area contributed by atoms with Crippen molar-refractivity contribution in [1.29, 1.82) is 0 Å². The predicted molar refractivity (Wildman–Crippen MR) is 68.4 cm³/mol. The number of nitrogens with zero attached hydrogens (tertiary/aromatic N) is 1. The highest BCUT2D eigenvalue weighted by Gasteiger charge is 1.99. The first-order chi connectivity index (χ1) is 8.74. The first kappa shape index (κ1) is 12.5. The first-order valence-corrected chi connectivity index (χ1v) is 5.76. The molecular weight excluding hydrogens is 231 g/mol. The second-order valence-electron chi connectivity index (χ2n) is 4.02. The summed E-state index contributed by atoms with van der Waals surface area (Å²) in [5.74, 6) is -0.335. The molecule has 0 saturated carbocycles. The summed E-state index contributed by atoms with van der Waals surface area (Å²) in [6.07, 6.45) is 2.49. The second kappa shape index (κ2) is 6.12. The Morgan fingerprint density at radius 2 is 2.11 bits per heavy atom. The van der Waals surface area contributed by atoms with Gasteiger partial charge in [0.25, 0.3) is 0 Å². The Morgan fingerprint density at radius 3 is 2.83 bits per heavy atom. The summed E-state index contributed by atoms with van der Waals surface area (Å²) in [5, 5.41) is 0. The minimum absolute atomic E-state index is 0.335. The molecule has 2 aromatic rings. The van der Waals surface area contributed by atoms with E-state index in [-0.39, 0.29) is 5.82 Å². The van der Waals surface area contributed by atoms with Crippen molar-refractivity contribution in [3.05, 3.63) is 59.7 Å². The Bertz CT molecular complexity index is 482. The standard InChI is InChI=1S/C14H15FN2O/c15-12-7-11(8-13(16)9-12)10-18-6-4-14-3-1-2-5-17-14/h1-3,5,7-9H,4,6,10,16H2. The lowest BCUT2D eigenvalue weighted by molar-refractivity contribution is 0.123. The van der Waals surface area contributed by atoms with Crippen molar-refractivity contribution < 1.29 is 9.13 Å². The maximum Gasteiger partial charge on any atom is 0.125 e. The highest BCUT2D eigenvalue weighted by atomic mass is 19.1. The molecule has 0 bridgehead atoms. The summed E-state index contributed by atoms with van der Waals surface area (Å²) < 4.78 is 18.5. The van der Waals surface area contributed by atoms with Gasteiger partial charge < -0.3 is 10.5 Å². The quantitative estimate of drug-likeness (QED) is 0.651. The Hall–Kier alpha value is -1.94. The van der Waals surface area contributed by atoms with Crippen LogP contribution < -0.4 is 5.73 Å². The van der Waals surface area contributed by atoms with Crippen LogP contribution in [0.25, 0.3) is 0 Å². The third kappa shape index (κ3) is 3.82. The van der Waals surface area contributed by atoms with Crippen molar-refractivity contribution in [3.63, 3.8) is 0 Å². The van der Waals surface area contributed by atoms with Crippen molar-refractivity contribution in [2.45, 2.75) is 13.0 Å². The summed E-state index contributed by atoms with van der Waals surface area (Å²) in [6.45, 7) is 0.905. The molecule has 0 saturated heterocycles. The van der Waals surface area contributed by atoms with Crippen LogP contribution in [0, 0.1) is 5.82 Å². The lowest BCUT2D eigenvalue weighted by Gasteiger charge is -2.05. The summed E-state index contributed by atoms with van der Waals surface area (Å²) in [6, 6.07) is 10.2. The highest BCUT2D eigenvalue weighted by molar-refractivity contribution is 5.41. The van der Waals surface area contributed by atoms with E-state index >= 15 is 0 Å². The molecule has 0 amide bonds. The van der Waals surface area contributed by atoms with Crippen molar-refractivity contribution in [2.75, 3.05) is 12.3 Å². The van der Waals surface area contributed by atoms with Gasteiger partial charge in [-0.2, -0.15) is 0 Å². The maximum atomic E-state index is 13.1. The molecule has 0 atom stereocenters. The van der Waals surface area contributed by atoms with E-state index in [9.17, 15) is 4.39 Å². The van der Waals surface area contributed by atoms with Gasteiger partial charge in [-0.15, -0.1) is 0 Å². The molecule has 0 aliphatic heterocycles.